The molecule has 0 aliphatic carbocycles. The Balaban J connectivity index is 2.57. The molecular formula is C2H3N2O2S-. The molecule has 1 aliphatic rings. The van der Waals surface area contributed by atoms with Gasteiger partial charge in [-0.3, -0.25) is 8.94 Å². The molecule has 0 aromatic heterocycles. The molecule has 0 atom stereocenters. The third-order valence-corrected chi connectivity index (χ3v) is 1.12. The number of hydrogen-bond acceptors (Lipinski definition) is 4. The van der Waals surface area contributed by atoms with Crippen LogP contribution < -0.4 is 4.72 Å². The Hall–Kier alpha value is -0.230. The maximum Gasteiger partial charge on any atom is 0.204 e. The van der Waals surface area contributed by atoms with E-state index in [1.807, 2.05) is 0 Å². The first-order valence-electron chi connectivity index (χ1n) is 1.63. The van der Waals surface area contributed by atoms with Gasteiger partial charge in [0.05, 0.1) is 6.20 Å². The number of hydroxylamine groups is 2. The van der Waals surface area contributed by atoms with Gasteiger partial charge >= 0.3 is 0 Å². The van der Waals surface area contributed by atoms with Crippen molar-refractivity contribution in [1.82, 2.24) is 4.72 Å². The Labute approximate surface area is 44.8 Å². The summed E-state index contributed by atoms with van der Waals surface area (Å²) in [5.41, 5.74) is 0. The van der Waals surface area contributed by atoms with E-state index in [-0.39, 0.29) is 0 Å². The van der Waals surface area contributed by atoms with Crippen LogP contribution in [0.4, 0.5) is 0 Å². The lowest BCUT2D eigenvalue weighted by Crippen LogP contribution is -2.16. The highest BCUT2D eigenvalue weighted by atomic mass is 32.2. The zero-order valence-electron chi connectivity index (χ0n) is 3.33. The van der Waals surface area contributed by atoms with Crippen LogP contribution in [-0.4, -0.2) is 4.21 Å². The summed E-state index contributed by atoms with van der Waals surface area (Å²) in [5, 5.41) is 20.2. The van der Waals surface area contributed by atoms with Gasteiger partial charge in [0.25, 0.3) is 0 Å². The van der Waals surface area contributed by atoms with Crippen LogP contribution in [0.1, 0.15) is 0 Å². The molecule has 1 N–H and O–H groups in total. The van der Waals surface area contributed by atoms with Gasteiger partial charge in [0.2, 0.25) is 12.1 Å². The molecule has 0 saturated carbocycles. The van der Waals surface area contributed by atoms with Crippen molar-refractivity contribution in [1.29, 1.82) is 0 Å². The Morgan fingerprint density at radius 2 is 2.29 bits per heavy atom. The van der Waals surface area contributed by atoms with Crippen LogP contribution in [0, 0.1) is 10.4 Å². The Bertz CT molecular complexity index is 102. The van der Waals surface area contributed by atoms with E-state index in [2.05, 4.69) is 4.72 Å². The minimum absolute atomic E-state index is 0.565. The van der Waals surface area contributed by atoms with E-state index in [0.29, 0.717) is 12.1 Å². The summed E-state index contributed by atoms with van der Waals surface area (Å²) < 4.78 is 0.771. The fourth-order valence-corrected chi connectivity index (χ4v) is 0.646. The van der Waals surface area contributed by atoms with E-state index in [1.54, 1.807) is 0 Å². The molecule has 1 heterocycles. The summed E-state index contributed by atoms with van der Waals surface area (Å²) in [7, 11) is 0. The predicted octanol–water partition coefficient (Wildman–Crippen LogP) is 0.436. The van der Waals surface area contributed by atoms with Crippen molar-refractivity contribution in [3.63, 3.8) is 0 Å². The number of rotatable bonds is 0. The first-order valence-corrected chi connectivity index (χ1v) is 2.41. The summed E-state index contributed by atoms with van der Waals surface area (Å²) in [5.74, 6) is 0. The van der Waals surface area contributed by atoms with E-state index >= 15 is 0 Å². The lowest BCUT2D eigenvalue weighted by molar-refractivity contribution is -0.615. The molecule has 5 heteroatoms. The van der Waals surface area contributed by atoms with Gasteiger partial charge in [0.15, 0.2) is 0 Å². The number of quaternary nitrogens is 1. The molecule has 40 valence electrons. The fourth-order valence-electron chi connectivity index (χ4n) is 0.256. The molecule has 4 nitrogen and oxygen atoms in total. The Morgan fingerprint density at radius 3 is 2.43 bits per heavy atom. The minimum atomic E-state index is -1.62. The zero-order chi connectivity index (χ0) is 5.33. The first-order chi connectivity index (χ1) is 3.21. The molecule has 0 fully saturated rings. The molecular weight excluding hydrogens is 116 g/mol. The molecule has 0 aromatic carbocycles. The van der Waals surface area contributed by atoms with E-state index in [4.69, 9.17) is 0 Å². The van der Waals surface area contributed by atoms with Gasteiger partial charge < -0.3 is 10.4 Å². The summed E-state index contributed by atoms with van der Waals surface area (Å²) in [6.07, 6.45) is 2.30. The lowest BCUT2D eigenvalue weighted by Gasteiger charge is -2.34. The molecule has 0 spiro atoms. The van der Waals surface area contributed by atoms with Gasteiger partial charge in [-0.05, 0) is 0 Å². The van der Waals surface area contributed by atoms with Crippen LogP contribution >= 0.6 is 12.1 Å². The number of nitrogens with zero attached hydrogens (tertiary/aromatic N) is 1. The second-order valence-electron chi connectivity index (χ2n) is 1.06. The second kappa shape index (κ2) is 1.38. The minimum Gasteiger partial charge on any atom is -0.613 e. The van der Waals surface area contributed by atoms with Crippen LogP contribution in [0.25, 0.3) is 0 Å². The van der Waals surface area contributed by atoms with Crippen LogP contribution in [0.5, 0.6) is 0 Å². The van der Waals surface area contributed by atoms with Crippen molar-refractivity contribution in [2.24, 2.45) is 0 Å². The summed E-state index contributed by atoms with van der Waals surface area (Å²) in [6, 6.07) is 0. The number of hydrogen-bond donors (Lipinski definition) is 1. The van der Waals surface area contributed by atoms with Crippen LogP contribution in [0.2, 0.25) is 0 Å². The van der Waals surface area contributed by atoms with E-state index in [0.717, 1.165) is 6.20 Å². The standard InChI is InChI=1S/C2H3N2O2S/c5-4(6)2-1-3-7-4/h1-3H/q-1. The second-order valence-corrected chi connectivity index (χ2v) is 1.99. The van der Waals surface area contributed by atoms with Gasteiger partial charge in [-0.2, -0.15) is 0 Å². The smallest absolute Gasteiger partial charge is 0.204 e. The highest BCUT2D eigenvalue weighted by Crippen LogP contribution is 2.20. The highest BCUT2D eigenvalue weighted by molar-refractivity contribution is 7.92. The first kappa shape index (κ1) is 4.92. The van der Waals surface area contributed by atoms with Gasteiger partial charge in [0, 0.05) is 0 Å². The molecule has 0 unspecified atom stereocenters. The van der Waals surface area contributed by atoms with Crippen molar-refractivity contribution in [3.8, 4) is 0 Å². The monoisotopic (exact) mass is 119 g/mol. The Kier molecular flexibility index (Phi) is 0.966. The van der Waals surface area contributed by atoms with Crippen molar-refractivity contribution in [2.75, 3.05) is 0 Å². The normalized spacial score (nSPS) is 24.9. The maximum absolute atomic E-state index is 10.1. The SMILES string of the molecule is [O-][N+]1([O-])C=CNS1. The average molecular weight is 119 g/mol. The molecule has 0 amide bonds. The van der Waals surface area contributed by atoms with Gasteiger partial charge in [-0.15, -0.1) is 0 Å². The third kappa shape index (κ3) is 1.07. The summed E-state index contributed by atoms with van der Waals surface area (Å²) >= 11 is 0.565. The average Bonchev–Trinajstić information content (AvgIpc) is 1.84. The van der Waals surface area contributed by atoms with Crippen molar-refractivity contribution >= 4 is 12.1 Å². The molecule has 7 heavy (non-hydrogen) atoms. The molecule has 1 rings (SSSR count). The molecule has 0 radical (unpaired) electrons. The molecule has 0 saturated heterocycles. The largest absolute Gasteiger partial charge is 0.613 e. The van der Waals surface area contributed by atoms with Crippen LogP contribution in [0.15, 0.2) is 12.4 Å². The quantitative estimate of drug-likeness (QED) is 0.285. The topological polar surface area (TPSA) is 58.1 Å². The van der Waals surface area contributed by atoms with Gasteiger partial charge in [0.1, 0.15) is 6.20 Å². The summed E-state index contributed by atoms with van der Waals surface area (Å²) in [4.78, 5) is 0. The predicted molar refractivity (Wildman–Crippen MR) is 26.9 cm³/mol. The van der Waals surface area contributed by atoms with Gasteiger partial charge in [-0.1, -0.05) is 0 Å². The van der Waals surface area contributed by atoms with Crippen LogP contribution in [0.3, 0.4) is 0 Å². The van der Waals surface area contributed by atoms with Crippen molar-refractivity contribution in [3.05, 3.63) is 22.8 Å². The van der Waals surface area contributed by atoms with E-state index in [1.165, 1.54) is 6.20 Å². The third-order valence-electron chi connectivity index (χ3n) is 0.505. The lowest BCUT2D eigenvalue weighted by atomic mass is 11.0. The van der Waals surface area contributed by atoms with Crippen molar-refractivity contribution < 1.29 is 4.21 Å². The fraction of sp³-hybridized carbons (Fsp3) is 0. The van der Waals surface area contributed by atoms with E-state index in [9.17, 15) is 10.4 Å². The van der Waals surface area contributed by atoms with E-state index < -0.39 is 4.21 Å². The summed E-state index contributed by atoms with van der Waals surface area (Å²) in [6.45, 7) is 0. The molecule has 0 aromatic rings. The Morgan fingerprint density at radius 1 is 1.57 bits per heavy atom. The van der Waals surface area contributed by atoms with Crippen LogP contribution in [-0.2, 0) is 0 Å². The maximum atomic E-state index is 10.1. The highest BCUT2D eigenvalue weighted by Gasteiger charge is 2.06. The van der Waals surface area contributed by atoms with Crippen molar-refractivity contribution in [2.45, 2.75) is 0 Å². The molecule has 1 aliphatic heterocycles. The number of nitrogens with one attached hydrogen (secondary N) is 1. The molecule has 0 bridgehead atoms. The zero-order valence-corrected chi connectivity index (χ0v) is 4.14. The van der Waals surface area contributed by atoms with Gasteiger partial charge in [-0.25, -0.2) is 0 Å².